The molecule has 4 heteroatoms. The van der Waals surface area contributed by atoms with Gasteiger partial charge in [-0.3, -0.25) is 0 Å². The number of benzene rings is 1. The standard InChI is InChI=1S/C7H7BO2S/c1-11(9,10)7-4-2-3-6(8)5-7/h2-5H,1H3. The van der Waals surface area contributed by atoms with Crippen molar-refractivity contribution >= 4 is 23.1 Å². The minimum Gasteiger partial charge on any atom is -0.224 e. The Morgan fingerprint density at radius 3 is 2.36 bits per heavy atom. The average molecular weight is 166 g/mol. The van der Waals surface area contributed by atoms with Crippen molar-refractivity contribution in [1.82, 2.24) is 0 Å². The van der Waals surface area contributed by atoms with Gasteiger partial charge in [0.2, 0.25) is 0 Å². The summed E-state index contributed by atoms with van der Waals surface area (Å²) in [5.41, 5.74) is 0.466. The Labute approximate surface area is 67.6 Å². The molecule has 0 spiro atoms. The van der Waals surface area contributed by atoms with Crippen LogP contribution in [0.25, 0.3) is 0 Å². The normalized spacial score (nSPS) is 11.4. The largest absolute Gasteiger partial charge is 0.224 e. The highest BCUT2D eigenvalue weighted by molar-refractivity contribution is 7.90. The molecule has 1 rings (SSSR count). The monoisotopic (exact) mass is 166 g/mol. The van der Waals surface area contributed by atoms with E-state index in [9.17, 15) is 8.42 Å². The molecule has 2 radical (unpaired) electrons. The van der Waals surface area contributed by atoms with Crippen LogP contribution in [-0.4, -0.2) is 22.5 Å². The van der Waals surface area contributed by atoms with Gasteiger partial charge in [-0.1, -0.05) is 23.7 Å². The summed E-state index contributed by atoms with van der Waals surface area (Å²) in [5.74, 6) is 0. The van der Waals surface area contributed by atoms with Gasteiger partial charge in [-0.15, -0.1) is 0 Å². The first kappa shape index (κ1) is 8.33. The van der Waals surface area contributed by atoms with E-state index >= 15 is 0 Å². The highest BCUT2D eigenvalue weighted by Gasteiger charge is 2.04. The van der Waals surface area contributed by atoms with Crippen molar-refractivity contribution in [2.45, 2.75) is 4.90 Å². The molecule has 0 bridgehead atoms. The molecule has 0 aliphatic heterocycles. The Balaban J connectivity index is 3.28. The molecular formula is C7H7BO2S. The SMILES string of the molecule is [B]c1cccc(S(C)(=O)=O)c1. The summed E-state index contributed by atoms with van der Waals surface area (Å²) in [6, 6.07) is 6.22. The second-order valence-corrected chi connectivity index (χ2v) is 4.36. The molecule has 56 valence electrons. The smallest absolute Gasteiger partial charge is 0.175 e. The van der Waals surface area contributed by atoms with E-state index in [4.69, 9.17) is 7.85 Å². The van der Waals surface area contributed by atoms with Crippen LogP contribution in [0.5, 0.6) is 0 Å². The molecule has 0 aliphatic carbocycles. The Morgan fingerprint density at radius 1 is 1.36 bits per heavy atom. The van der Waals surface area contributed by atoms with E-state index in [-0.39, 0.29) is 4.90 Å². The molecule has 0 fully saturated rings. The van der Waals surface area contributed by atoms with Gasteiger partial charge in [-0.2, -0.15) is 0 Å². The van der Waals surface area contributed by atoms with Gasteiger partial charge < -0.3 is 0 Å². The molecule has 0 unspecified atom stereocenters. The average Bonchev–Trinajstić information content (AvgIpc) is 1.86. The van der Waals surface area contributed by atoms with Crippen LogP contribution in [0.1, 0.15) is 0 Å². The third-order valence-corrected chi connectivity index (χ3v) is 2.40. The van der Waals surface area contributed by atoms with Crippen molar-refractivity contribution in [3.63, 3.8) is 0 Å². The molecule has 1 aromatic rings. The first-order chi connectivity index (χ1) is 5.00. The van der Waals surface area contributed by atoms with E-state index < -0.39 is 9.84 Å². The van der Waals surface area contributed by atoms with Gasteiger partial charge in [0.05, 0.1) is 4.90 Å². The molecule has 0 atom stereocenters. The molecule has 11 heavy (non-hydrogen) atoms. The maximum Gasteiger partial charge on any atom is 0.175 e. The maximum atomic E-state index is 10.9. The number of hydrogen-bond donors (Lipinski definition) is 0. The predicted octanol–water partition coefficient (Wildman–Crippen LogP) is -0.116. The summed E-state index contributed by atoms with van der Waals surface area (Å²) in [4.78, 5) is 0.262. The van der Waals surface area contributed by atoms with Crippen molar-refractivity contribution in [3.05, 3.63) is 24.3 Å². The fourth-order valence-electron chi connectivity index (χ4n) is 0.745. The zero-order valence-electron chi connectivity index (χ0n) is 6.11. The zero-order chi connectivity index (χ0) is 8.48. The Kier molecular flexibility index (Phi) is 2.04. The minimum absolute atomic E-state index is 0.262. The molecule has 2 nitrogen and oxygen atoms in total. The van der Waals surface area contributed by atoms with Crippen molar-refractivity contribution < 1.29 is 8.42 Å². The van der Waals surface area contributed by atoms with Crippen LogP contribution in [0.2, 0.25) is 0 Å². The summed E-state index contributed by atoms with van der Waals surface area (Å²) in [5, 5.41) is 0. The molecule has 0 N–H and O–H groups in total. The van der Waals surface area contributed by atoms with Crippen LogP contribution in [0, 0.1) is 0 Å². The first-order valence-electron chi connectivity index (χ1n) is 3.06. The second kappa shape index (κ2) is 2.70. The van der Waals surface area contributed by atoms with Crippen LogP contribution in [0.4, 0.5) is 0 Å². The number of hydrogen-bond acceptors (Lipinski definition) is 2. The second-order valence-electron chi connectivity index (χ2n) is 2.34. The molecule has 1 aromatic carbocycles. The van der Waals surface area contributed by atoms with E-state index in [1.165, 1.54) is 12.1 Å². The lowest BCUT2D eigenvalue weighted by atomic mass is 9.97. The molecule has 0 heterocycles. The summed E-state index contributed by atoms with van der Waals surface area (Å²) in [7, 11) is 2.29. The van der Waals surface area contributed by atoms with Gasteiger partial charge in [-0.05, 0) is 6.07 Å². The van der Waals surface area contributed by atoms with E-state index in [1.54, 1.807) is 12.1 Å². The number of rotatable bonds is 1. The van der Waals surface area contributed by atoms with Crippen LogP contribution in [-0.2, 0) is 9.84 Å². The van der Waals surface area contributed by atoms with E-state index in [0.717, 1.165) is 6.26 Å². The molecule has 0 saturated carbocycles. The predicted molar refractivity (Wildman–Crippen MR) is 44.9 cm³/mol. The van der Waals surface area contributed by atoms with E-state index in [0.29, 0.717) is 5.46 Å². The van der Waals surface area contributed by atoms with Gasteiger partial charge in [-0.25, -0.2) is 8.42 Å². The fourth-order valence-corrected chi connectivity index (χ4v) is 1.42. The quantitative estimate of drug-likeness (QED) is 0.545. The third-order valence-electron chi connectivity index (χ3n) is 1.29. The maximum absolute atomic E-state index is 10.9. The van der Waals surface area contributed by atoms with E-state index in [1.807, 2.05) is 0 Å². The van der Waals surface area contributed by atoms with Gasteiger partial charge in [0.1, 0.15) is 7.85 Å². The summed E-state index contributed by atoms with van der Waals surface area (Å²) in [6.45, 7) is 0. The van der Waals surface area contributed by atoms with Crippen molar-refractivity contribution in [2.75, 3.05) is 6.26 Å². The highest BCUT2D eigenvalue weighted by Crippen LogP contribution is 2.04. The Bertz CT molecular complexity index is 356. The van der Waals surface area contributed by atoms with Crippen molar-refractivity contribution in [2.24, 2.45) is 0 Å². The highest BCUT2D eigenvalue weighted by atomic mass is 32.2. The Hall–Kier alpha value is -0.765. The molecular weight excluding hydrogens is 159 g/mol. The lowest BCUT2D eigenvalue weighted by Gasteiger charge is -1.97. The lowest BCUT2D eigenvalue weighted by Crippen LogP contribution is -2.05. The summed E-state index contributed by atoms with van der Waals surface area (Å²) >= 11 is 0. The van der Waals surface area contributed by atoms with Gasteiger partial charge >= 0.3 is 0 Å². The minimum atomic E-state index is -3.11. The molecule has 0 saturated heterocycles. The Morgan fingerprint density at radius 2 is 2.00 bits per heavy atom. The summed E-state index contributed by atoms with van der Waals surface area (Å²) < 4.78 is 21.9. The van der Waals surface area contributed by atoms with Gasteiger partial charge in [0.25, 0.3) is 0 Å². The van der Waals surface area contributed by atoms with E-state index in [2.05, 4.69) is 0 Å². The lowest BCUT2D eigenvalue weighted by molar-refractivity contribution is 0.602. The summed E-state index contributed by atoms with van der Waals surface area (Å²) in [6.07, 6.45) is 1.15. The van der Waals surface area contributed by atoms with Crippen LogP contribution in [0.15, 0.2) is 29.2 Å². The molecule has 0 aromatic heterocycles. The third kappa shape index (κ3) is 2.08. The van der Waals surface area contributed by atoms with Crippen LogP contribution in [0.3, 0.4) is 0 Å². The first-order valence-corrected chi connectivity index (χ1v) is 4.95. The van der Waals surface area contributed by atoms with Crippen molar-refractivity contribution in [1.29, 1.82) is 0 Å². The zero-order valence-corrected chi connectivity index (χ0v) is 6.93. The molecule has 0 amide bonds. The fraction of sp³-hybridized carbons (Fsp3) is 0.143. The molecule has 0 aliphatic rings. The number of sulfone groups is 1. The van der Waals surface area contributed by atoms with Crippen LogP contribution >= 0.6 is 0 Å². The topological polar surface area (TPSA) is 34.1 Å². The van der Waals surface area contributed by atoms with Gasteiger partial charge in [0, 0.05) is 6.26 Å². The van der Waals surface area contributed by atoms with Gasteiger partial charge in [0.15, 0.2) is 9.84 Å². The van der Waals surface area contributed by atoms with Crippen molar-refractivity contribution in [3.8, 4) is 0 Å². The van der Waals surface area contributed by atoms with Crippen LogP contribution < -0.4 is 5.46 Å².